The molecular weight excluding hydrogens is 711 g/mol. The van der Waals surface area contributed by atoms with E-state index in [1.165, 1.54) is 6.07 Å². The molecule has 10 nitrogen and oxygen atoms in total. The molecule has 0 aliphatic carbocycles. The standard InChI is InChI=1S/C31H42B2F5NO9S2/c1-19(2)18-44-26(40)17-39-27(41)20-11-21(32-45-28(3,4)29(5,6)46-32)13-23(12-20)49(42,43)24-14-22(15-25(16-24)50(34,35,36,37)38)33-47-30(7,8)31(9,10)48-33/h11-16,19H,17-18H2,1-10H3,(H,39,41). The minimum absolute atomic E-state index is 0.0157. The summed E-state index contributed by atoms with van der Waals surface area (Å²) in [6.07, 6.45) is 0. The molecule has 0 radical (unpaired) electrons. The van der Waals surface area contributed by atoms with Crippen molar-refractivity contribution < 1.29 is 60.8 Å². The minimum Gasteiger partial charge on any atom is -0.464 e. The normalized spacial score (nSPS) is 21.1. The molecule has 4 rings (SSSR count). The van der Waals surface area contributed by atoms with Crippen molar-refractivity contribution in [2.75, 3.05) is 13.2 Å². The smallest absolute Gasteiger partial charge is 0.464 e. The lowest BCUT2D eigenvalue weighted by molar-refractivity contribution is -0.143. The molecule has 2 aromatic carbocycles. The largest absolute Gasteiger partial charge is 0.494 e. The van der Waals surface area contributed by atoms with Gasteiger partial charge in [0.2, 0.25) is 9.84 Å². The Morgan fingerprint density at radius 3 is 1.58 bits per heavy atom. The molecule has 0 atom stereocenters. The van der Waals surface area contributed by atoms with Crippen LogP contribution in [0, 0.1) is 5.92 Å². The number of carbonyl (C=O) groups excluding carboxylic acids is 2. The summed E-state index contributed by atoms with van der Waals surface area (Å²) in [5.74, 6) is -1.70. The summed E-state index contributed by atoms with van der Waals surface area (Å²) in [5, 5.41) is 2.33. The van der Waals surface area contributed by atoms with Gasteiger partial charge in [0.15, 0.2) is 0 Å². The van der Waals surface area contributed by atoms with E-state index in [2.05, 4.69) is 5.32 Å². The van der Waals surface area contributed by atoms with Gasteiger partial charge >= 0.3 is 30.4 Å². The van der Waals surface area contributed by atoms with Crippen LogP contribution in [-0.4, -0.2) is 70.1 Å². The Morgan fingerprint density at radius 2 is 1.16 bits per heavy atom. The van der Waals surface area contributed by atoms with E-state index >= 15 is 0 Å². The van der Waals surface area contributed by atoms with Crippen LogP contribution in [0.1, 0.15) is 79.6 Å². The second kappa shape index (κ2) is 11.9. The van der Waals surface area contributed by atoms with Crippen molar-refractivity contribution in [2.45, 2.75) is 106 Å². The van der Waals surface area contributed by atoms with E-state index in [1.807, 2.05) is 0 Å². The van der Waals surface area contributed by atoms with Gasteiger partial charge in [-0.3, -0.25) is 9.59 Å². The maximum Gasteiger partial charge on any atom is 0.494 e. The highest BCUT2D eigenvalue weighted by Gasteiger charge is 2.66. The SMILES string of the molecule is CC(C)COC(=O)CNC(=O)c1cc(B2OC(C)(C)C(C)(C)O2)cc(S(=O)(=O)c2cc(B3OC(C)(C)C(C)(C)O3)cc(S(F)(F)(F)(F)F)c2)c1. The number of esters is 1. The van der Waals surface area contributed by atoms with Crippen molar-refractivity contribution in [3.63, 3.8) is 0 Å². The fraction of sp³-hybridized carbons (Fsp3) is 0.548. The van der Waals surface area contributed by atoms with E-state index in [0.717, 1.165) is 18.2 Å². The topological polar surface area (TPSA) is 126 Å². The number of amides is 1. The van der Waals surface area contributed by atoms with Gasteiger partial charge in [-0.2, -0.15) is 0 Å². The molecule has 1 N–H and O–H groups in total. The summed E-state index contributed by atoms with van der Waals surface area (Å²) in [5.41, 5.74) is -5.06. The molecule has 2 aliphatic rings. The lowest BCUT2D eigenvalue weighted by Crippen LogP contribution is -2.41. The Hall–Kier alpha value is -2.70. The van der Waals surface area contributed by atoms with Crippen LogP contribution in [0.2, 0.25) is 0 Å². The molecule has 2 heterocycles. The fourth-order valence-corrected chi connectivity index (χ4v) is 7.01. The Balaban J connectivity index is 1.87. The highest BCUT2D eigenvalue weighted by Crippen LogP contribution is 3.02. The molecule has 0 saturated carbocycles. The molecular formula is C31H42B2F5NO9S2. The number of sulfone groups is 1. The number of hydrogen-bond acceptors (Lipinski definition) is 9. The molecule has 0 unspecified atom stereocenters. The zero-order chi connectivity index (χ0) is 38.2. The molecule has 0 spiro atoms. The van der Waals surface area contributed by atoms with Gasteiger partial charge in [0.05, 0.1) is 38.8 Å². The number of ether oxygens (including phenoxy) is 1. The zero-order valence-electron chi connectivity index (χ0n) is 29.5. The summed E-state index contributed by atoms with van der Waals surface area (Å²) in [4.78, 5) is 21.0. The highest BCUT2D eigenvalue weighted by atomic mass is 32.5. The summed E-state index contributed by atoms with van der Waals surface area (Å²) in [7, 11) is -18.5. The van der Waals surface area contributed by atoms with Crippen molar-refractivity contribution in [3.05, 3.63) is 42.0 Å². The molecule has 19 heteroatoms. The van der Waals surface area contributed by atoms with E-state index in [4.69, 9.17) is 23.4 Å². The second-order valence-electron chi connectivity index (χ2n) is 14.9. The van der Waals surface area contributed by atoms with E-state index in [0.29, 0.717) is 0 Å². The molecule has 2 fully saturated rings. The van der Waals surface area contributed by atoms with Crippen molar-refractivity contribution in [2.24, 2.45) is 5.92 Å². The summed E-state index contributed by atoms with van der Waals surface area (Å²) < 4.78 is 129. The second-order valence-corrected chi connectivity index (χ2v) is 19.3. The minimum atomic E-state index is -10.5. The molecule has 2 saturated heterocycles. The predicted octanol–water partition coefficient (Wildman–Crippen LogP) is 5.70. The van der Waals surface area contributed by atoms with Crippen LogP contribution in [0.4, 0.5) is 19.4 Å². The van der Waals surface area contributed by atoms with Crippen molar-refractivity contribution in [1.29, 1.82) is 0 Å². The Bertz CT molecular complexity index is 1790. The van der Waals surface area contributed by atoms with Gasteiger partial charge in [0, 0.05) is 5.56 Å². The van der Waals surface area contributed by atoms with Crippen molar-refractivity contribution in [1.82, 2.24) is 5.32 Å². The Labute approximate surface area is 290 Å². The van der Waals surface area contributed by atoms with Gasteiger partial charge in [-0.1, -0.05) is 33.3 Å². The number of hydrogen-bond donors (Lipinski definition) is 1. The van der Waals surface area contributed by atoms with Gasteiger partial charge in [-0.05, 0) is 109 Å². The van der Waals surface area contributed by atoms with Crippen LogP contribution in [0.15, 0.2) is 51.1 Å². The summed E-state index contributed by atoms with van der Waals surface area (Å²) in [6.45, 7) is 16.3. The van der Waals surface area contributed by atoms with E-state index in [-0.39, 0.29) is 35.7 Å². The first kappa shape index (κ1) is 40.1. The number of halogens is 5. The number of carbonyl (C=O) groups is 2. The Morgan fingerprint density at radius 1 is 0.740 bits per heavy atom. The molecule has 0 bridgehead atoms. The average Bonchev–Trinajstić information content (AvgIpc) is 3.32. The maximum absolute atomic E-state index is 14.3. The van der Waals surface area contributed by atoms with E-state index in [1.54, 1.807) is 69.2 Å². The lowest BCUT2D eigenvalue weighted by Gasteiger charge is -2.41. The predicted molar refractivity (Wildman–Crippen MR) is 179 cm³/mol. The van der Waals surface area contributed by atoms with Gasteiger partial charge in [0.1, 0.15) is 11.4 Å². The van der Waals surface area contributed by atoms with Gasteiger partial charge in [0.25, 0.3) is 5.91 Å². The van der Waals surface area contributed by atoms with Gasteiger partial charge < -0.3 is 28.7 Å². The monoisotopic (exact) mass is 753 g/mol. The van der Waals surface area contributed by atoms with Crippen molar-refractivity contribution >= 4 is 57.1 Å². The van der Waals surface area contributed by atoms with Crippen LogP contribution in [0.3, 0.4) is 0 Å². The van der Waals surface area contributed by atoms with E-state index in [9.17, 15) is 37.4 Å². The van der Waals surface area contributed by atoms with Crippen LogP contribution in [0.25, 0.3) is 0 Å². The van der Waals surface area contributed by atoms with Crippen LogP contribution in [-0.2, 0) is 38.0 Å². The highest BCUT2D eigenvalue weighted by molar-refractivity contribution is 8.45. The third-order valence-corrected chi connectivity index (χ3v) is 12.0. The fourth-order valence-electron chi connectivity index (χ4n) is 4.81. The quantitative estimate of drug-likeness (QED) is 0.185. The average molecular weight is 753 g/mol. The number of nitrogens with one attached hydrogen (secondary N) is 1. The summed E-state index contributed by atoms with van der Waals surface area (Å²) in [6, 6.07) is 3.82. The number of benzene rings is 2. The molecule has 278 valence electrons. The first-order valence-electron chi connectivity index (χ1n) is 15.7. The third kappa shape index (κ3) is 8.33. The first-order valence-corrected chi connectivity index (χ1v) is 19.1. The zero-order valence-corrected chi connectivity index (χ0v) is 31.1. The molecule has 2 aromatic rings. The van der Waals surface area contributed by atoms with Gasteiger partial charge in [-0.15, -0.1) is 0 Å². The number of rotatable bonds is 10. The van der Waals surface area contributed by atoms with Crippen molar-refractivity contribution in [3.8, 4) is 0 Å². The maximum atomic E-state index is 14.3. The van der Waals surface area contributed by atoms with Crippen LogP contribution >= 0.6 is 10.2 Å². The van der Waals surface area contributed by atoms with Gasteiger partial charge in [-0.25, -0.2) is 8.42 Å². The molecule has 2 aliphatic heterocycles. The summed E-state index contributed by atoms with van der Waals surface area (Å²) >= 11 is 0. The van der Waals surface area contributed by atoms with Crippen LogP contribution in [0.5, 0.6) is 0 Å². The lowest BCUT2D eigenvalue weighted by atomic mass is 9.78. The van der Waals surface area contributed by atoms with Crippen LogP contribution < -0.4 is 16.2 Å². The molecule has 50 heavy (non-hydrogen) atoms. The Kier molecular flexibility index (Phi) is 9.55. The molecule has 0 aromatic heterocycles. The third-order valence-electron chi connectivity index (χ3n) is 9.18. The molecule has 1 amide bonds. The van der Waals surface area contributed by atoms with E-state index < -0.39 is 95.3 Å². The first-order chi connectivity index (χ1) is 22.2.